The van der Waals surface area contributed by atoms with Gasteiger partial charge in [-0.25, -0.2) is 8.42 Å². The molecule has 0 fully saturated rings. The molecule has 0 aliphatic carbocycles. The van der Waals surface area contributed by atoms with Crippen molar-refractivity contribution in [2.24, 2.45) is 0 Å². The normalized spacial score (nSPS) is 11.0. The highest BCUT2D eigenvalue weighted by atomic mass is 32.2. The maximum Gasteiger partial charge on any atom is 0.264 e. The molecule has 9 nitrogen and oxygen atoms in total. The summed E-state index contributed by atoms with van der Waals surface area (Å²) in [6.07, 6.45) is 0. The first-order valence-electron chi connectivity index (χ1n) is 11.7. The van der Waals surface area contributed by atoms with Crippen LogP contribution in [-0.4, -0.2) is 53.6 Å². The van der Waals surface area contributed by atoms with Crippen molar-refractivity contribution in [3.05, 3.63) is 83.9 Å². The van der Waals surface area contributed by atoms with Gasteiger partial charge in [0.2, 0.25) is 5.91 Å². The molecule has 0 unspecified atom stereocenters. The van der Waals surface area contributed by atoms with Crippen LogP contribution in [0.4, 0.5) is 11.4 Å². The smallest absolute Gasteiger partial charge is 0.264 e. The number of rotatable bonds is 12. The average molecular weight is 526 g/mol. The first kappa shape index (κ1) is 27.7. The van der Waals surface area contributed by atoms with Gasteiger partial charge in [-0.3, -0.25) is 13.9 Å². The van der Waals surface area contributed by atoms with E-state index in [0.29, 0.717) is 25.5 Å². The van der Waals surface area contributed by atoms with E-state index in [1.165, 1.54) is 19.2 Å². The molecule has 37 heavy (non-hydrogen) atoms. The van der Waals surface area contributed by atoms with Gasteiger partial charge in [0.1, 0.15) is 12.3 Å². The Hall–Kier alpha value is -3.89. The van der Waals surface area contributed by atoms with Gasteiger partial charge in [-0.2, -0.15) is 0 Å². The maximum absolute atomic E-state index is 13.7. The molecule has 2 N–H and O–H groups in total. The Labute approximate surface area is 217 Å². The minimum Gasteiger partial charge on any atom is -0.492 e. The zero-order valence-electron chi connectivity index (χ0n) is 21.1. The third kappa shape index (κ3) is 7.08. The quantitative estimate of drug-likeness (QED) is 0.349. The van der Waals surface area contributed by atoms with E-state index < -0.39 is 28.4 Å². The van der Waals surface area contributed by atoms with E-state index in [1.807, 2.05) is 6.92 Å². The lowest BCUT2D eigenvalue weighted by Crippen LogP contribution is -2.38. The standard InChI is InChI=1S/C27H31N3O6S/c1-4-36-25-12-8-7-11-24(25)30(37(33,34)21-15-13-20(2)14-16-21)19-26(31)29-23-10-6-5-9-22(23)27(32)28-17-18-35-3/h5-16H,4,17-19H2,1-3H3,(H,28,32)(H,29,31). The van der Waals surface area contributed by atoms with Crippen LogP contribution < -0.4 is 19.7 Å². The molecule has 0 spiro atoms. The largest absolute Gasteiger partial charge is 0.492 e. The van der Waals surface area contributed by atoms with Crippen LogP contribution in [-0.2, 0) is 19.6 Å². The van der Waals surface area contributed by atoms with Crippen molar-refractivity contribution in [2.75, 3.05) is 43.0 Å². The summed E-state index contributed by atoms with van der Waals surface area (Å²) in [5.41, 5.74) is 1.63. The number of para-hydroxylation sites is 3. The van der Waals surface area contributed by atoms with E-state index >= 15 is 0 Å². The molecule has 196 valence electrons. The predicted octanol–water partition coefficient (Wildman–Crippen LogP) is 3.60. The second-order valence-electron chi connectivity index (χ2n) is 8.07. The Balaban J connectivity index is 1.94. The summed E-state index contributed by atoms with van der Waals surface area (Å²) in [5.74, 6) is -0.690. The molecule has 2 amide bonds. The van der Waals surface area contributed by atoms with Gasteiger partial charge in [0.15, 0.2) is 0 Å². The molecule has 10 heteroatoms. The number of amides is 2. The van der Waals surface area contributed by atoms with Crippen LogP contribution in [0.15, 0.2) is 77.7 Å². The highest BCUT2D eigenvalue weighted by Gasteiger charge is 2.29. The SMILES string of the molecule is CCOc1ccccc1N(CC(=O)Nc1ccccc1C(=O)NCCOC)S(=O)(=O)c1ccc(C)cc1. The minimum absolute atomic E-state index is 0.0372. The van der Waals surface area contributed by atoms with Crippen LogP contribution >= 0.6 is 0 Å². The summed E-state index contributed by atoms with van der Waals surface area (Å²) in [7, 11) is -2.61. The molecule has 3 aromatic carbocycles. The Bertz CT molecular complexity index is 1330. The van der Waals surface area contributed by atoms with Crippen molar-refractivity contribution in [3.63, 3.8) is 0 Å². The summed E-state index contributed by atoms with van der Waals surface area (Å²) in [5, 5.41) is 5.40. The van der Waals surface area contributed by atoms with Gasteiger partial charge in [-0.1, -0.05) is 42.0 Å². The summed E-state index contributed by atoms with van der Waals surface area (Å²) < 4.78 is 39.1. The maximum atomic E-state index is 13.7. The van der Waals surface area contributed by atoms with Crippen molar-refractivity contribution >= 4 is 33.2 Å². The third-order valence-corrected chi connectivity index (χ3v) is 7.14. The van der Waals surface area contributed by atoms with Gasteiger partial charge in [0.25, 0.3) is 15.9 Å². The number of methoxy groups -OCH3 is 1. The molecule has 0 atom stereocenters. The Morgan fingerprint density at radius 1 is 0.946 bits per heavy atom. The van der Waals surface area contributed by atoms with Gasteiger partial charge in [-0.15, -0.1) is 0 Å². The molecule has 0 saturated heterocycles. The van der Waals surface area contributed by atoms with Crippen LogP contribution in [0.3, 0.4) is 0 Å². The number of ether oxygens (including phenoxy) is 2. The van der Waals surface area contributed by atoms with E-state index in [2.05, 4.69) is 10.6 Å². The van der Waals surface area contributed by atoms with E-state index in [-0.39, 0.29) is 21.8 Å². The molecular weight excluding hydrogens is 494 g/mol. The molecule has 0 radical (unpaired) electrons. The van der Waals surface area contributed by atoms with Gasteiger partial charge >= 0.3 is 0 Å². The number of carbonyl (C=O) groups excluding carboxylic acids is 2. The lowest BCUT2D eigenvalue weighted by molar-refractivity contribution is -0.114. The number of hydrogen-bond donors (Lipinski definition) is 2. The zero-order valence-corrected chi connectivity index (χ0v) is 21.9. The van der Waals surface area contributed by atoms with Crippen LogP contribution in [0.1, 0.15) is 22.8 Å². The highest BCUT2D eigenvalue weighted by molar-refractivity contribution is 7.92. The second-order valence-corrected chi connectivity index (χ2v) is 9.93. The average Bonchev–Trinajstić information content (AvgIpc) is 2.88. The molecule has 0 bridgehead atoms. The highest BCUT2D eigenvalue weighted by Crippen LogP contribution is 2.32. The number of aryl methyl sites for hydroxylation is 1. The lowest BCUT2D eigenvalue weighted by atomic mass is 10.1. The van der Waals surface area contributed by atoms with Crippen LogP contribution in [0.25, 0.3) is 0 Å². The van der Waals surface area contributed by atoms with Gasteiger partial charge in [-0.05, 0) is 50.2 Å². The van der Waals surface area contributed by atoms with Crippen LogP contribution in [0.2, 0.25) is 0 Å². The molecule has 0 aliphatic heterocycles. The second kappa shape index (κ2) is 12.9. The van der Waals surface area contributed by atoms with E-state index in [1.54, 1.807) is 67.6 Å². The van der Waals surface area contributed by atoms with E-state index in [9.17, 15) is 18.0 Å². The first-order chi connectivity index (χ1) is 17.8. The van der Waals surface area contributed by atoms with Gasteiger partial charge < -0.3 is 20.1 Å². The van der Waals surface area contributed by atoms with Crippen LogP contribution in [0, 0.1) is 6.92 Å². The van der Waals surface area contributed by atoms with E-state index in [0.717, 1.165) is 9.87 Å². The zero-order chi connectivity index (χ0) is 26.8. The number of nitrogens with zero attached hydrogens (tertiary/aromatic N) is 1. The molecule has 0 saturated carbocycles. The molecule has 3 rings (SSSR count). The number of carbonyl (C=O) groups is 2. The third-order valence-electron chi connectivity index (χ3n) is 5.37. The first-order valence-corrected chi connectivity index (χ1v) is 13.2. The summed E-state index contributed by atoms with van der Waals surface area (Å²) in [6, 6.07) is 19.5. The monoisotopic (exact) mass is 525 g/mol. The topological polar surface area (TPSA) is 114 Å². The molecule has 3 aromatic rings. The van der Waals surface area contributed by atoms with Crippen LogP contribution in [0.5, 0.6) is 5.75 Å². The van der Waals surface area contributed by atoms with Gasteiger partial charge in [0, 0.05) is 13.7 Å². The summed E-state index contributed by atoms with van der Waals surface area (Å²) in [6.45, 7) is 4.05. The Morgan fingerprint density at radius 2 is 1.62 bits per heavy atom. The molecule has 0 aliphatic rings. The molecular formula is C27H31N3O6S. The number of benzene rings is 3. The van der Waals surface area contributed by atoms with E-state index in [4.69, 9.17) is 9.47 Å². The molecule has 0 heterocycles. The fraction of sp³-hybridized carbons (Fsp3) is 0.259. The summed E-state index contributed by atoms with van der Waals surface area (Å²) in [4.78, 5) is 25.9. The van der Waals surface area contributed by atoms with Crippen molar-refractivity contribution in [3.8, 4) is 5.75 Å². The number of hydrogen-bond acceptors (Lipinski definition) is 6. The fourth-order valence-electron chi connectivity index (χ4n) is 3.55. The Kier molecular flexibility index (Phi) is 9.64. The molecule has 0 aromatic heterocycles. The van der Waals surface area contributed by atoms with Crippen molar-refractivity contribution in [2.45, 2.75) is 18.7 Å². The number of anilines is 2. The number of sulfonamides is 1. The van der Waals surface area contributed by atoms with Crippen molar-refractivity contribution in [1.82, 2.24) is 5.32 Å². The summed E-state index contributed by atoms with van der Waals surface area (Å²) >= 11 is 0. The predicted molar refractivity (Wildman–Crippen MR) is 143 cm³/mol. The fourth-order valence-corrected chi connectivity index (χ4v) is 4.98. The van der Waals surface area contributed by atoms with Gasteiger partial charge in [0.05, 0.1) is 35.0 Å². The lowest BCUT2D eigenvalue weighted by Gasteiger charge is -2.26. The number of nitrogens with one attached hydrogen (secondary N) is 2. The van der Waals surface area contributed by atoms with Crippen molar-refractivity contribution < 1.29 is 27.5 Å². The Morgan fingerprint density at radius 3 is 2.32 bits per heavy atom. The van der Waals surface area contributed by atoms with Crippen molar-refractivity contribution in [1.29, 1.82) is 0 Å². The minimum atomic E-state index is -4.14.